The van der Waals surface area contributed by atoms with Crippen LogP contribution < -0.4 is 10.1 Å². The summed E-state index contributed by atoms with van der Waals surface area (Å²) in [5.74, 6) is -1.60. The average molecular weight is 523 g/mol. The number of carboxylic acid groups (broad SMARTS) is 1. The Morgan fingerprint density at radius 1 is 1.05 bits per heavy atom. The van der Waals surface area contributed by atoms with Crippen molar-refractivity contribution in [3.63, 3.8) is 0 Å². The van der Waals surface area contributed by atoms with E-state index < -0.39 is 11.8 Å². The zero-order valence-corrected chi connectivity index (χ0v) is 22.6. The highest BCUT2D eigenvalue weighted by molar-refractivity contribution is 6.05. The van der Waals surface area contributed by atoms with Gasteiger partial charge in [-0.15, -0.1) is 0 Å². The summed E-state index contributed by atoms with van der Waals surface area (Å²) in [6.45, 7) is 6.56. The van der Waals surface area contributed by atoms with Crippen LogP contribution in [0.1, 0.15) is 83.7 Å². The molecule has 3 aromatic rings. The highest BCUT2D eigenvalue weighted by Gasteiger charge is 2.14. The Balaban J connectivity index is 1.78. The fourth-order valence-corrected chi connectivity index (χ4v) is 4.72. The third kappa shape index (κ3) is 7.94. The number of benzene rings is 2. The quantitative estimate of drug-likeness (QED) is 0.157. The summed E-state index contributed by atoms with van der Waals surface area (Å²) < 4.78 is 21.7. The van der Waals surface area contributed by atoms with Gasteiger partial charge in [-0.2, -0.15) is 0 Å². The normalized spacial score (nSPS) is 12.5. The molecule has 204 valence electrons. The molecule has 0 fully saturated rings. The van der Waals surface area contributed by atoms with E-state index in [-0.39, 0.29) is 31.1 Å². The Hall–Kier alpha value is -3.61. The van der Waals surface area contributed by atoms with E-state index in [2.05, 4.69) is 54.2 Å². The van der Waals surface area contributed by atoms with Gasteiger partial charge in [-0.25, -0.2) is 4.39 Å². The molecule has 1 heterocycles. The van der Waals surface area contributed by atoms with Crippen molar-refractivity contribution in [1.29, 1.82) is 0 Å². The van der Waals surface area contributed by atoms with Crippen LogP contribution in [0.5, 0.6) is 5.75 Å². The number of nitrogens with one attached hydrogen (secondary N) is 1. The number of nitrogens with zero attached hydrogens (tertiary/aromatic N) is 1. The molecule has 38 heavy (non-hydrogen) atoms. The molecule has 1 aromatic heterocycles. The van der Waals surface area contributed by atoms with Gasteiger partial charge >= 0.3 is 5.97 Å². The largest absolute Gasteiger partial charge is 0.491 e. The molecule has 0 radical (unpaired) electrons. The summed E-state index contributed by atoms with van der Waals surface area (Å²) in [5.41, 5.74) is 3.41. The molecular formula is C31H39FN2O4. The first-order valence-electron chi connectivity index (χ1n) is 13.6. The lowest BCUT2D eigenvalue weighted by Crippen LogP contribution is -2.11. The molecule has 6 nitrogen and oxygen atoms in total. The summed E-state index contributed by atoms with van der Waals surface area (Å²) in [5, 5.41) is 12.7. The van der Waals surface area contributed by atoms with E-state index in [9.17, 15) is 14.0 Å². The van der Waals surface area contributed by atoms with Gasteiger partial charge in [0.15, 0.2) is 0 Å². The van der Waals surface area contributed by atoms with E-state index in [0.29, 0.717) is 18.2 Å². The minimum absolute atomic E-state index is 0.0503. The van der Waals surface area contributed by atoms with Crippen molar-refractivity contribution in [2.45, 2.75) is 78.2 Å². The molecule has 1 unspecified atom stereocenters. The summed E-state index contributed by atoms with van der Waals surface area (Å²) in [7, 11) is 0. The monoisotopic (exact) mass is 522 g/mol. The minimum atomic E-state index is -0.925. The minimum Gasteiger partial charge on any atom is -0.491 e. The number of amides is 1. The van der Waals surface area contributed by atoms with Gasteiger partial charge in [-0.3, -0.25) is 9.59 Å². The topological polar surface area (TPSA) is 80.6 Å². The fraction of sp³-hybridized carbons (Fsp3) is 0.419. The van der Waals surface area contributed by atoms with Crippen molar-refractivity contribution >= 4 is 34.0 Å². The van der Waals surface area contributed by atoms with Crippen LogP contribution in [-0.4, -0.2) is 28.2 Å². The first-order valence-corrected chi connectivity index (χ1v) is 13.6. The smallest absolute Gasteiger partial charge is 0.303 e. The summed E-state index contributed by atoms with van der Waals surface area (Å²) >= 11 is 0. The molecule has 7 heteroatoms. The van der Waals surface area contributed by atoms with Crippen LogP contribution in [-0.2, 0) is 9.59 Å². The number of hydrogen-bond donors (Lipinski definition) is 2. The summed E-state index contributed by atoms with van der Waals surface area (Å²) in [4.78, 5) is 23.6. The van der Waals surface area contributed by atoms with Crippen LogP contribution in [0.25, 0.3) is 16.5 Å². The van der Waals surface area contributed by atoms with Crippen molar-refractivity contribution in [3.05, 3.63) is 66.1 Å². The van der Waals surface area contributed by atoms with E-state index in [0.717, 1.165) is 29.4 Å². The van der Waals surface area contributed by atoms with E-state index in [1.807, 2.05) is 6.92 Å². The Morgan fingerprint density at radius 3 is 2.58 bits per heavy atom. The number of hydrogen-bond acceptors (Lipinski definition) is 3. The highest BCUT2D eigenvalue weighted by atomic mass is 19.1. The number of ether oxygens (including phenoxy) is 1. The number of anilines is 1. The number of aromatic nitrogens is 1. The van der Waals surface area contributed by atoms with Gasteiger partial charge in [-0.1, -0.05) is 46.1 Å². The first-order chi connectivity index (χ1) is 18.4. The second-order valence-electron chi connectivity index (χ2n) is 9.58. The van der Waals surface area contributed by atoms with E-state index in [1.165, 1.54) is 43.0 Å². The molecule has 1 amide bonds. The lowest BCUT2D eigenvalue weighted by Gasteiger charge is -2.19. The second-order valence-corrected chi connectivity index (χ2v) is 9.58. The fourth-order valence-electron chi connectivity index (χ4n) is 4.72. The first kappa shape index (κ1) is 29.0. The SMILES string of the molecule is CCCCC(CCC)n1ccc2cc(C(=CC(=O)Nc3ccc(F)cc3OCCCC(=O)O)CC)ccc21. The second kappa shape index (κ2) is 14.4. The molecule has 0 aliphatic carbocycles. The van der Waals surface area contributed by atoms with Crippen LogP contribution in [0.2, 0.25) is 0 Å². The number of fused-ring (bicyclic) bond motifs is 1. The number of carbonyl (C=O) groups excluding carboxylic acids is 1. The number of carbonyl (C=O) groups is 2. The summed E-state index contributed by atoms with van der Waals surface area (Å²) in [6, 6.07) is 12.9. The van der Waals surface area contributed by atoms with Crippen molar-refractivity contribution in [1.82, 2.24) is 4.57 Å². The third-order valence-corrected chi connectivity index (χ3v) is 6.68. The molecule has 1 atom stereocenters. The zero-order valence-electron chi connectivity index (χ0n) is 22.6. The Morgan fingerprint density at radius 2 is 1.87 bits per heavy atom. The van der Waals surface area contributed by atoms with Gasteiger partial charge in [-0.05, 0) is 67.2 Å². The lowest BCUT2D eigenvalue weighted by molar-refractivity contribution is -0.137. The molecule has 0 saturated carbocycles. The van der Waals surface area contributed by atoms with Crippen LogP contribution in [0.4, 0.5) is 10.1 Å². The van der Waals surface area contributed by atoms with Gasteiger partial charge in [0, 0.05) is 41.7 Å². The molecule has 0 saturated heterocycles. The van der Waals surface area contributed by atoms with E-state index in [1.54, 1.807) is 6.08 Å². The maximum atomic E-state index is 13.8. The summed E-state index contributed by atoms with van der Waals surface area (Å²) in [6.07, 6.45) is 10.5. The lowest BCUT2D eigenvalue weighted by atomic mass is 10.0. The Kier molecular flexibility index (Phi) is 10.9. The molecule has 0 aliphatic heterocycles. The van der Waals surface area contributed by atoms with Crippen molar-refractivity contribution < 1.29 is 23.8 Å². The molecule has 2 aromatic carbocycles. The predicted molar refractivity (Wildman–Crippen MR) is 151 cm³/mol. The van der Waals surface area contributed by atoms with Crippen LogP contribution >= 0.6 is 0 Å². The average Bonchev–Trinajstić information content (AvgIpc) is 3.32. The van der Waals surface area contributed by atoms with Crippen molar-refractivity contribution in [3.8, 4) is 5.75 Å². The molecule has 3 rings (SSSR count). The number of halogens is 1. The maximum absolute atomic E-state index is 13.8. The van der Waals surface area contributed by atoms with Gasteiger partial charge in [0.05, 0.1) is 12.3 Å². The highest BCUT2D eigenvalue weighted by Crippen LogP contribution is 2.30. The number of aliphatic carboxylic acids is 1. The maximum Gasteiger partial charge on any atom is 0.303 e. The standard InChI is InChI=1S/C31H39FN2O4/c1-4-7-10-26(9-5-2)34-17-16-24-19-23(12-15-28(24)34)22(6-3)20-30(35)33-27-14-13-25(32)21-29(27)38-18-8-11-31(36)37/h12-17,19-21,26H,4-11,18H2,1-3H3,(H,33,35)(H,36,37). The number of allylic oxidation sites excluding steroid dienone is 1. The van der Waals surface area contributed by atoms with Crippen LogP contribution in [0.15, 0.2) is 54.7 Å². The van der Waals surface area contributed by atoms with Crippen LogP contribution in [0.3, 0.4) is 0 Å². The number of unbranched alkanes of at least 4 members (excludes halogenated alkanes) is 1. The van der Waals surface area contributed by atoms with Crippen molar-refractivity contribution in [2.24, 2.45) is 0 Å². The predicted octanol–water partition coefficient (Wildman–Crippen LogP) is 7.99. The van der Waals surface area contributed by atoms with E-state index >= 15 is 0 Å². The molecule has 0 aliphatic rings. The zero-order chi connectivity index (χ0) is 27.5. The number of carboxylic acids is 1. The van der Waals surface area contributed by atoms with Crippen LogP contribution in [0, 0.1) is 5.82 Å². The van der Waals surface area contributed by atoms with Crippen molar-refractivity contribution in [2.75, 3.05) is 11.9 Å². The van der Waals surface area contributed by atoms with Gasteiger partial charge in [0.25, 0.3) is 0 Å². The molecule has 2 N–H and O–H groups in total. The van der Waals surface area contributed by atoms with Gasteiger partial charge < -0.3 is 19.7 Å². The Bertz CT molecular complexity index is 1260. The molecule has 0 spiro atoms. The van der Waals surface area contributed by atoms with E-state index in [4.69, 9.17) is 9.84 Å². The number of rotatable bonds is 15. The molecule has 0 bridgehead atoms. The van der Waals surface area contributed by atoms with Gasteiger partial charge in [0.2, 0.25) is 5.91 Å². The third-order valence-electron chi connectivity index (χ3n) is 6.68. The molecular weight excluding hydrogens is 483 g/mol. The van der Waals surface area contributed by atoms with Gasteiger partial charge in [0.1, 0.15) is 11.6 Å². The Labute approximate surface area is 224 Å².